The minimum Gasteiger partial charge on any atom is -0.477 e. The number of aromatic amines is 2. The number of H-pyrrole nitrogens is 2. The van der Waals surface area contributed by atoms with Crippen LogP contribution < -0.4 is 0 Å². The second-order valence-electron chi connectivity index (χ2n) is 6.33. The second-order valence-corrected chi connectivity index (χ2v) is 6.33. The molecule has 0 saturated carbocycles. The van der Waals surface area contributed by atoms with Crippen LogP contribution in [0.15, 0.2) is 84.9 Å². The summed E-state index contributed by atoms with van der Waals surface area (Å²) >= 11 is 0. The van der Waals surface area contributed by atoms with E-state index in [0.29, 0.717) is 12.3 Å². The zero-order chi connectivity index (χ0) is 21.3. The van der Waals surface area contributed by atoms with Gasteiger partial charge in [-0.1, -0.05) is 60.7 Å². The zero-order valence-corrected chi connectivity index (χ0v) is 16.5. The van der Waals surface area contributed by atoms with Gasteiger partial charge in [-0.2, -0.15) is 0 Å². The highest BCUT2D eigenvalue weighted by atomic mass is 16.5. The van der Waals surface area contributed by atoms with Gasteiger partial charge in [0, 0.05) is 11.4 Å². The Balaban J connectivity index is 0.000000172. The predicted octanol–water partition coefficient (Wildman–Crippen LogP) is 5.24. The summed E-state index contributed by atoms with van der Waals surface area (Å²) in [5.74, 6) is -1.25. The number of carboxylic acid groups (broad SMARTS) is 1. The monoisotopic (exact) mass is 402 g/mol. The first-order valence-corrected chi connectivity index (χ1v) is 9.47. The van der Waals surface area contributed by atoms with Gasteiger partial charge in [-0.25, -0.2) is 9.59 Å². The summed E-state index contributed by atoms with van der Waals surface area (Å²) in [6.45, 7) is 2.18. The maximum atomic E-state index is 11.4. The van der Waals surface area contributed by atoms with Crippen LogP contribution in [0.2, 0.25) is 0 Å². The Bertz CT molecular complexity index is 1100. The Labute approximate surface area is 174 Å². The van der Waals surface area contributed by atoms with Crippen LogP contribution in [0.3, 0.4) is 0 Å². The maximum absolute atomic E-state index is 11.4. The van der Waals surface area contributed by atoms with Crippen molar-refractivity contribution in [1.29, 1.82) is 0 Å². The number of rotatable bonds is 5. The molecular formula is C24H22N2O4. The van der Waals surface area contributed by atoms with Gasteiger partial charge in [-0.05, 0) is 42.3 Å². The Kier molecular flexibility index (Phi) is 6.84. The predicted molar refractivity (Wildman–Crippen MR) is 115 cm³/mol. The lowest BCUT2D eigenvalue weighted by atomic mass is 10.2. The Morgan fingerprint density at radius 2 is 1.20 bits per heavy atom. The van der Waals surface area contributed by atoms with Crippen molar-refractivity contribution in [2.45, 2.75) is 6.92 Å². The van der Waals surface area contributed by atoms with E-state index in [9.17, 15) is 9.59 Å². The van der Waals surface area contributed by atoms with E-state index in [1.165, 1.54) is 0 Å². The van der Waals surface area contributed by atoms with Crippen molar-refractivity contribution in [1.82, 2.24) is 9.97 Å². The van der Waals surface area contributed by atoms with E-state index in [1.807, 2.05) is 66.7 Å². The van der Waals surface area contributed by atoms with Gasteiger partial charge in [0.2, 0.25) is 0 Å². The summed E-state index contributed by atoms with van der Waals surface area (Å²) in [6, 6.07) is 26.4. The van der Waals surface area contributed by atoms with Crippen molar-refractivity contribution < 1.29 is 19.4 Å². The quantitative estimate of drug-likeness (QED) is 0.398. The molecule has 2 heterocycles. The molecule has 0 spiro atoms. The number of aromatic carboxylic acids is 1. The molecule has 3 N–H and O–H groups in total. The van der Waals surface area contributed by atoms with E-state index < -0.39 is 5.97 Å². The number of carbonyl (C=O) groups excluding carboxylic acids is 1. The highest BCUT2D eigenvalue weighted by Gasteiger charge is 2.09. The second kappa shape index (κ2) is 9.93. The fourth-order valence-corrected chi connectivity index (χ4v) is 2.82. The Hall–Kier alpha value is -4.06. The van der Waals surface area contributed by atoms with Gasteiger partial charge < -0.3 is 19.8 Å². The standard InChI is InChI=1S/C13H13NO2.C11H9NO2/c1-2-16-13(15)12-9-8-11(14-12)10-6-4-3-5-7-10;13-11(14)10-7-6-9(12-10)8-4-2-1-3-5-8/h3-9,14H,2H2,1H3;1-7,12H,(H,13,14). The number of ether oxygens (including phenoxy) is 1. The van der Waals surface area contributed by atoms with Gasteiger partial charge in [-0.3, -0.25) is 0 Å². The molecule has 0 unspecified atom stereocenters. The Morgan fingerprint density at radius 1 is 0.733 bits per heavy atom. The first-order valence-electron chi connectivity index (χ1n) is 9.47. The first kappa shape index (κ1) is 20.7. The SMILES string of the molecule is CCOC(=O)c1ccc(-c2ccccc2)[nH]1.O=C(O)c1ccc(-c2ccccc2)[nH]1. The average molecular weight is 402 g/mol. The molecule has 0 aliphatic rings. The summed E-state index contributed by atoms with van der Waals surface area (Å²) in [5.41, 5.74) is 4.48. The number of carbonyl (C=O) groups is 2. The van der Waals surface area contributed by atoms with E-state index in [4.69, 9.17) is 9.84 Å². The van der Waals surface area contributed by atoms with E-state index in [-0.39, 0.29) is 11.7 Å². The lowest BCUT2D eigenvalue weighted by Gasteiger charge is -1.99. The maximum Gasteiger partial charge on any atom is 0.354 e. The molecule has 2 aromatic heterocycles. The van der Waals surface area contributed by atoms with E-state index in [0.717, 1.165) is 22.5 Å². The van der Waals surface area contributed by atoms with Gasteiger partial charge in [0.1, 0.15) is 11.4 Å². The minimum absolute atomic E-state index is 0.212. The van der Waals surface area contributed by atoms with Crippen LogP contribution >= 0.6 is 0 Å². The third-order valence-corrected chi connectivity index (χ3v) is 4.27. The molecule has 0 amide bonds. The topological polar surface area (TPSA) is 95.2 Å². The summed E-state index contributed by atoms with van der Waals surface area (Å²) in [4.78, 5) is 27.9. The fourth-order valence-electron chi connectivity index (χ4n) is 2.82. The van der Waals surface area contributed by atoms with Crippen molar-refractivity contribution in [3.63, 3.8) is 0 Å². The van der Waals surface area contributed by atoms with Crippen LogP contribution in [0.4, 0.5) is 0 Å². The van der Waals surface area contributed by atoms with Gasteiger partial charge in [0.25, 0.3) is 0 Å². The van der Waals surface area contributed by atoms with Crippen LogP contribution in [-0.2, 0) is 4.74 Å². The highest BCUT2D eigenvalue weighted by Crippen LogP contribution is 2.18. The molecular weight excluding hydrogens is 380 g/mol. The van der Waals surface area contributed by atoms with Crippen molar-refractivity contribution in [2.24, 2.45) is 0 Å². The van der Waals surface area contributed by atoms with Crippen LogP contribution in [0.5, 0.6) is 0 Å². The lowest BCUT2D eigenvalue weighted by Crippen LogP contribution is -2.04. The molecule has 4 rings (SSSR count). The van der Waals surface area contributed by atoms with Crippen LogP contribution in [0.25, 0.3) is 22.5 Å². The number of esters is 1. The molecule has 6 nitrogen and oxygen atoms in total. The van der Waals surface area contributed by atoms with Gasteiger partial charge in [0.15, 0.2) is 0 Å². The van der Waals surface area contributed by atoms with Crippen molar-refractivity contribution >= 4 is 11.9 Å². The summed E-state index contributed by atoms with van der Waals surface area (Å²) in [5, 5.41) is 8.71. The van der Waals surface area contributed by atoms with Crippen LogP contribution in [0.1, 0.15) is 27.9 Å². The smallest absolute Gasteiger partial charge is 0.354 e. The molecule has 30 heavy (non-hydrogen) atoms. The fraction of sp³-hybridized carbons (Fsp3) is 0.0833. The molecule has 0 aliphatic carbocycles. The van der Waals surface area contributed by atoms with Gasteiger partial charge in [0.05, 0.1) is 6.61 Å². The molecule has 0 bridgehead atoms. The molecule has 0 atom stereocenters. The van der Waals surface area contributed by atoms with Crippen molar-refractivity contribution in [2.75, 3.05) is 6.61 Å². The average Bonchev–Trinajstić information content (AvgIpc) is 3.46. The number of hydrogen-bond donors (Lipinski definition) is 3. The first-order chi connectivity index (χ1) is 14.6. The normalized spacial score (nSPS) is 10.0. The number of benzene rings is 2. The third-order valence-electron chi connectivity index (χ3n) is 4.27. The number of nitrogens with one attached hydrogen (secondary N) is 2. The summed E-state index contributed by atoms with van der Waals surface area (Å²) in [7, 11) is 0. The van der Waals surface area contributed by atoms with Gasteiger partial charge >= 0.3 is 11.9 Å². The molecule has 6 heteroatoms. The highest BCUT2D eigenvalue weighted by molar-refractivity contribution is 5.88. The zero-order valence-electron chi connectivity index (χ0n) is 16.5. The van der Waals surface area contributed by atoms with Crippen LogP contribution in [-0.4, -0.2) is 33.6 Å². The number of aromatic nitrogens is 2. The number of carboxylic acids is 1. The lowest BCUT2D eigenvalue weighted by molar-refractivity contribution is 0.0520. The Morgan fingerprint density at radius 3 is 1.63 bits per heavy atom. The molecule has 0 radical (unpaired) electrons. The molecule has 4 aromatic rings. The van der Waals surface area contributed by atoms with E-state index in [1.54, 1.807) is 25.1 Å². The third kappa shape index (κ3) is 5.26. The molecule has 152 valence electrons. The van der Waals surface area contributed by atoms with Crippen molar-refractivity contribution in [3.8, 4) is 22.5 Å². The number of hydrogen-bond acceptors (Lipinski definition) is 3. The molecule has 0 fully saturated rings. The van der Waals surface area contributed by atoms with Crippen LogP contribution in [0, 0.1) is 0 Å². The largest absolute Gasteiger partial charge is 0.477 e. The molecule has 0 aliphatic heterocycles. The summed E-state index contributed by atoms with van der Waals surface area (Å²) in [6.07, 6.45) is 0. The molecule has 2 aromatic carbocycles. The van der Waals surface area contributed by atoms with Gasteiger partial charge in [-0.15, -0.1) is 0 Å². The summed E-state index contributed by atoms with van der Waals surface area (Å²) < 4.78 is 4.91. The molecule has 0 saturated heterocycles. The van der Waals surface area contributed by atoms with E-state index in [2.05, 4.69) is 9.97 Å². The van der Waals surface area contributed by atoms with E-state index >= 15 is 0 Å². The van der Waals surface area contributed by atoms with Crippen molar-refractivity contribution in [3.05, 3.63) is 96.3 Å². The minimum atomic E-state index is -0.938.